The Balaban J connectivity index is 1.14. The highest BCUT2D eigenvalue weighted by atomic mass is 35.5. The van der Waals surface area contributed by atoms with Crippen molar-refractivity contribution in [3.63, 3.8) is 0 Å². The van der Waals surface area contributed by atoms with Crippen LogP contribution in [0.1, 0.15) is 93.4 Å². The molecule has 22 nitrogen and oxygen atoms in total. The minimum absolute atomic E-state index is 0.00408. The number of hydrogen-bond donors (Lipinski definition) is 5. The van der Waals surface area contributed by atoms with Gasteiger partial charge in [0.05, 0.1) is 31.9 Å². The largest absolute Gasteiger partial charge is 0.370 e. The fourth-order valence-electron chi connectivity index (χ4n) is 11.1. The van der Waals surface area contributed by atoms with Crippen LogP contribution in [-0.4, -0.2) is 131 Å². The molecule has 83 heavy (non-hydrogen) atoms. The summed E-state index contributed by atoms with van der Waals surface area (Å²) in [5.41, 5.74) is 18.1. The second-order valence-corrected chi connectivity index (χ2v) is 26.9. The van der Waals surface area contributed by atoms with Crippen molar-refractivity contribution in [1.82, 2.24) is 37.9 Å². The van der Waals surface area contributed by atoms with Gasteiger partial charge >= 0.3 is 0 Å². The lowest BCUT2D eigenvalue weighted by molar-refractivity contribution is -0.130. The van der Waals surface area contributed by atoms with Crippen molar-refractivity contribution in [2.24, 2.45) is 33.3 Å². The standard InChI is InChI=1S/C58H75ClN14O8S2/c1-35-21-24-43(82(78,79)69(5)6)31-46(35)64-55(76)49(66-57(60)68-53(74)33-71-37(3)62-45-19-12-13-20-51(45)71)29-40-17-14-18-42(27-40)73(54(75)34-72-38(4)63-48-30-41(59)23-26-52(48)72)58(61)67-50(28-39-15-10-9-11-16-39)56(77)65-47-32-44(25-22-36(47)2)83(80,81)70(7)8/h12-13,19-26,30-32,39-40,42,49-50H,9-11,14-18,27-29,33-34H2,1-8H3,(H2,61,67)(H,64,76)(H,65,77)(H3,60,66,68,74)/t40?,42?,49-,50-/m1/s1. The highest BCUT2D eigenvalue weighted by Gasteiger charge is 2.37. The van der Waals surface area contributed by atoms with Crippen LogP contribution in [0.4, 0.5) is 11.4 Å². The van der Waals surface area contributed by atoms with E-state index in [1.54, 1.807) is 67.2 Å². The summed E-state index contributed by atoms with van der Waals surface area (Å²) in [4.78, 5) is 78.6. The molecule has 0 bridgehead atoms. The zero-order valence-electron chi connectivity index (χ0n) is 48.2. The Morgan fingerprint density at radius 2 is 1.18 bits per heavy atom. The van der Waals surface area contributed by atoms with Gasteiger partial charge in [-0.05, 0) is 131 Å². The SMILES string of the molecule is Cc1ccc(S(=O)(=O)N(C)C)cc1NC(=O)[C@@H](CC1CCCC(N(C(=O)Cn2c(C)nc3cc(Cl)ccc32)C(N)=N[C@H](CC2CCCCC2)C(=O)Nc2cc(S(=O)(=O)N(C)C)ccc2C)C1)N=C(N)NC(=O)Cn1c(C)nc2ccccc21. The lowest BCUT2D eigenvalue weighted by Crippen LogP contribution is -2.52. The molecular formula is C58H75ClN14O8S2. The molecule has 6 aromatic rings. The first-order chi connectivity index (χ1) is 39.3. The fourth-order valence-corrected chi connectivity index (χ4v) is 13.2. The number of carbonyl (C=O) groups excluding carboxylic acids is 4. The number of aliphatic imine (C=N–C) groups is 2. The van der Waals surface area contributed by atoms with Crippen LogP contribution < -0.4 is 27.4 Å². The Hall–Kier alpha value is -7.25. The molecule has 8 rings (SSSR count). The Labute approximate surface area is 490 Å². The molecule has 2 aliphatic rings. The summed E-state index contributed by atoms with van der Waals surface area (Å²) in [5, 5.41) is 8.98. The molecule has 2 fully saturated rings. The molecular weight excluding hydrogens is 1120 g/mol. The summed E-state index contributed by atoms with van der Waals surface area (Å²) in [6.45, 7) is 6.69. The van der Waals surface area contributed by atoms with Crippen LogP contribution in [0, 0.1) is 39.5 Å². The number of amides is 4. The first-order valence-electron chi connectivity index (χ1n) is 27.8. The number of sulfonamides is 2. The number of para-hydroxylation sites is 2. The van der Waals surface area contributed by atoms with E-state index in [-0.39, 0.29) is 64.4 Å². The van der Waals surface area contributed by atoms with Crippen molar-refractivity contribution >= 4 is 101 Å². The zero-order chi connectivity index (χ0) is 60.1. The molecule has 0 saturated heterocycles. The Kier molecular flexibility index (Phi) is 19.5. The average molecular weight is 1200 g/mol. The van der Waals surface area contributed by atoms with Crippen molar-refractivity contribution < 1.29 is 36.0 Å². The van der Waals surface area contributed by atoms with E-state index in [0.29, 0.717) is 76.5 Å². The highest BCUT2D eigenvalue weighted by molar-refractivity contribution is 7.89. The van der Waals surface area contributed by atoms with Crippen LogP contribution in [0.15, 0.2) is 98.6 Å². The number of rotatable bonds is 19. The number of carbonyl (C=O) groups is 4. The van der Waals surface area contributed by atoms with E-state index in [1.165, 1.54) is 57.4 Å². The normalized spacial score (nSPS) is 17.4. The van der Waals surface area contributed by atoms with E-state index in [1.807, 2.05) is 24.3 Å². The number of hydrogen-bond acceptors (Lipinski definition) is 12. The molecule has 0 radical (unpaired) electrons. The third-order valence-corrected chi connectivity index (χ3v) is 19.6. The van der Waals surface area contributed by atoms with E-state index < -0.39 is 61.8 Å². The third kappa shape index (κ3) is 14.6. The van der Waals surface area contributed by atoms with Gasteiger partial charge in [0.1, 0.15) is 36.8 Å². The number of anilines is 2. The maximum absolute atomic E-state index is 15.3. The number of fused-ring (bicyclic) bond motifs is 2. The zero-order valence-corrected chi connectivity index (χ0v) is 50.6. The van der Waals surface area contributed by atoms with Gasteiger partial charge < -0.3 is 31.2 Å². The molecule has 2 unspecified atom stereocenters. The summed E-state index contributed by atoms with van der Waals surface area (Å²) in [7, 11) is -2.07. The number of guanidine groups is 2. The van der Waals surface area contributed by atoms with Gasteiger partial charge in [0.2, 0.25) is 43.7 Å². The van der Waals surface area contributed by atoms with Gasteiger partial charge in [-0.25, -0.2) is 45.4 Å². The summed E-state index contributed by atoms with van der Waals surface area (Å²) in [5.74, 6) is -1.68. The number of benzene rings is 4. The number of aromatic nitrogens is 4. The maximum atomic E-state index is 15.3. The fraction of sp³-hybridized carbons (Fsp3) is 0.448. The molecule has 4 amide bonds. The first-order valence-corrected chi connectivity index (χ1v) is 31.1. The van der Waals surface area contributed by atoms with E-state index in [4.69, 9.17) is 28.1 Å². The van der Waals surface area contributed by atoms with Crippen LogP contribution in [0.2, 0.25) is 5.02 Å². The van der Waals surface area contributed by atoms with Gasteiger partial charge in [0, 0.05) is 50.6 Å². The second-order valence-electron chi connectivity index (χ2n) is 22.1. The van der Waals surface area contributed by atoms with Crippen LogP contribution >= 0.6 is 11.6 Å². The van der Waals surface area contributed by atoms with Crippen LogP contribution in [0.25, 0.3) is 22.1 Å². The lowest BCUT2D eigenvalue weighted by atomic mass is 9.81. The van der Waals surface area contributed by atoms with Crippen molar-refractivity contribution in [1.29, 1.82) is 0 Å². The summed E-state index contributed by atoms with van der Waals surface area (Å²) < 4.78 is 58.6. The molecule has 2 aliphatic carbocycles. The average Bonchev–Trinajstić information content (AvgIpc) is 4.21. The molecule has 4 atom stereocenters. The lowest BCUT2D eigenvalue weighted by Gasteiger charge is -2.38. The van der Waals surface area contributed by atoms with Crippen LogP contribution in [0.3, 0.4) is 0 Å². The quantitative estimate of drug-likeness (QED) is 0.0405. The van der Waals surface area contributed by atoms with E-state index in [9.17, 15) is 31.2 Å². The predicted octanol–water partition coefficient (Wildman–Crippen LogP) is 6.98. The molecule has 2 heterocycles. The first kappa shape index (κ1) is 61.8. The smallest absolute Gasteiger partial charge is 0.249 e. The molecule has 2 aromatic heterocycles. The summed E-state index contributed by atoms with van der Waals surface area (Å²) in [6.07, 6.45) is 7.06. The van der Waals surface area contributed by atoms with Crippen molar-refractivity contribution in [2.45, 2.75) is 139 Å². The van der Waals surface area contributed by atoms with Crippen molar-refractivity contribution in [2.75, 3.05) is 38.8 Å². The highest BCUT2D eigenvalue weighted by Crippen LogP contribution is 2.35. The second kappa shape index (κ2) is 26.1. The van der Waals surface area contributed by atoms with Crippen molar-refractivity contribution in [3.8, 4) is 0 Å². The number of imidazole rings is 2. The van der Waals surface area contributed by atoms with Crippen molar-refractivity contribution in [3.05, 3.63) is 107 Å². The topological polar surface area (TPSA) is 295 Å². The number of nitrogens with one attached hydrogen (secondary N) is 3. The van der Waals surface area contributed by atoms with E-state index >= 15 is 4.79 Å². The van der Waals surface area contributed by atoms with Gasteiger partial charge in [-0.15, -0.1) is 0 Å². The predicted molar refractivity (Wildman–Crippen MR) is 323 cm³/mol. The maximum Gasteiger partial charge on any atom is 0.249 e. The minimum atomic E-state index is -3.90. The molecule has 7 N–H and O–H groups in total. The number of aryl methyl sites for hydroxylation is 4. The van der Waals surface area contributed by atoms with E-state index in [0.717, 1.165) is 46.2 Å². The summed E-state index contributed by atoms with van der Waals surface area (Å²) in [6, 6.07) is 18.6. The number of nitrogens with two attached hydrogens (primary N) is 2. The monoisotopic (exact) mass is 1190 g/mol. The van der Waals surface area contributed by atoms with Gasteiger partial charge in [-0.2, -0.15) is 0 Å². The number of nitrogens with zero attached hydrogens (tertiary/aromatic N) is 9. The van der Waals surface area contributed by atoms with Gasteiger partial charge in [-0.3, -0.25) is 29.4 Å². The Morgan fingerprint density at radius 1 is 0.651 bits per heavy atom. The Bertz CT molecular complexity index is 3720. The van der Waals surface area contributed by atoms with Gasteiger partial charge in [0.25, 0.3) is 0 Å². The molecule has 2 saturated carbocycles. The van der Waals surface area contributed by atoms with E-state index in [2.05, 4.69) is 30.9 Å². The van der Waals surface area contributed by atoms with Gasteiger partial charge in [0.15, 0.2) is 11.9 Å². The van der Waals surface area contributed by atoms with Crippen LogP contribution in [0.5, 0.6) is 0 Å². The molecule has 444 valence electrons. The van der Waals surface area contributed by atoms with Gasteiger partial charge in [-0.1, -0.05) is 80.8 Å². The number of halogens is 1. The summed E-state index contributed by atoms with van der Waals surface area (Å²) >= 11 is 6.37. The minimum Gasteiger partial charge on any atom is -0.370 e. The molecule has 4 aromatic carbocycles. The molecule has 25 heteroatoms. The molecule has 0 aliphatic heterocycles. The molecule has 0 spiro atoms. The third-order valence-electron chi connectivity index (χ3n) is 15.8. The van der Waals surface area contributed by atoms with Crippen LogP contribution in [-0.2, 0) is 52.3 Å². The Morgan fingerprint density at radius 3 is 1.78 bits per heavy atom.